The van der Waals surface area contributed by atoms with Crippen LogP contribution in [0.4, 0.5) is 4.39 Å². The summed E-state index contributed by atoms with van der Waals surface area (Å²) in [6, 6.07) is 4.05. The Kier molecular flexibility index (Phi) is 2.23. The third kappa shape index (κ3) is 1.68. The molecule has 1 aromatic carbocycles. The van der Waals surface area contributed by atoms with E-state index in [-0.39, 0.29) is 10.5 Å². The molecule has 1 rings (SSSR count). The number of carbonyl (C=O) groups excluding carboxylic acids is 1. The van der Waals surface area contributed by atoms with Crippen LogP contribution in [-0.2, 0) is 14.6 Å². The quantitative estimate of drug-likeness (QED) is 0.509. The summed E-state index contributed by atoms with van der Waals surface area (Å²) >= 11 is 0. The largest absolute Gasteiger partial charge is 0.285 e. The SMILES string of the molecule is O=CS(=O)(=O)c1ccc(F)cc1. The number of carbonyl (C=O) groups is 1. The van der Waals surface area contributed by atoms with Gasteiger partial charge in [0, 0.05) is 0 Å². The molecule has 0 atom stereocenters. The number of hydrogen-bond acceptors (Lipinski definition) is 3. The van der Waals surface area contributed by atoms with Gasteiger partial charge in [0.25, 0.3) is 0 Å². The Morgan fingerprint density at radius 1 is 1.17 bits per heavy atom. The van der Waals surface area contributed by atoms with Crippen LogP contribution >= 0.6 is 0 Å². The summed E-state index contributed by atoms with van der Waals surface area (Å²) < 4.78 is 33.9. The fourth-order valence-corrected chi connectivity index (χ4v) is 1.31. The van der Waals surface area contributed by atoms with E-state index in [2.05, 4.69) is 0 Å². The maximum Gasteiger partial charge on any atom is 0.238 e. The molecule has 0 radical (unpaired) electrons. The zero-order chi connectivity index (χ0) is 9.19. The lowest BCUT2D eigenvalue weighted by Gasteiger charge is -1.94. The predicted molar refractivity (Wildman–Crippen MR) is 40.3 cm³/mol. The van der Waals surface area contributed by atoms with Gasteiger partial charge in [-0.25, -0.2) is 12.8 Å². The first-order valence-corrected chi connectivity index (χ1v) is 4.57. The molecule has 0 unspecified atom stereocenters. The summed E-state index contributed by atoms with van der Waals surface area (Å²) in [7, 11) is -3.86. The van der Waals surface area contributed by atoms with Crippen molar-refractivity contribution in [3.63, 3.8) is 0 Å². The van der Waals surface area contributed by atoms with Gasteiger partial charge in [-0.15, -0.1) is 0 Å². The zero-order valence-corrected chi connectivity index (χ0v) is 6.71. The predicted octanol–water partition coefficient (Wildman–Crippen LogP) is 0.790. The average Bonchev–Trinajstić information content (AvgIpc) is 2.05. The van der Waals surface area contributed by atoms with Crippen LogP contribution < -0.4 is 0 Å². The maximum atomic E-state index is 12.3. The number of sulfone groups is 1. The maximum absolute atomic E-state index is 12.3. The van der Waals surface area contributed by atoms with Crippen LogP contribution in [0.25, 0.3) is 0 Å². The summed E-state index contributed by atoms with van der Waals surface area (Å²) in [5.74, 6) is -0.542. The molecule has 0 saturated carbocycles. The van der Waals surface area contributed by atoms with Crippen molar-refractivity contribution >= 4 is 15.5 Å². The minimum atomic E-state index is -3.86. The molecule has 0 aromatic heterocycles. The number of hydrogen-bond donors (Lipinski definition) is 0. The molecular weight excluding hydrogens is 183 g/mol. The van der Waals surface area contributed by atoms with Crippen molar-refractivity contribution < 1.29 is 17.6 Å². The van der Waals surface area contributed by atoms with Crippen molar-refractivity contribution in [2.45, 2.75) is 4.90 Å². The second-order valence-corrected chi connectivity index (χ2v) is 3.85. The van der Waals surface area contributed by atoms with Gasteiger partial charge >= 0.3 is 0 Å². The molecule has 1 aromatic rings. The molecule has 0 spiro atoms. The highest BCUT2D eigenvalue weighted by molar-refractivity contribution is 8.04. The molecule has 0 heterocycles. The van der Waals surface area contributed by atoms with Crippen LogP contribution in [0.3, 0.4) is 0 Å². The van der Waals surface area contributed by atoms with E-state index in [1.54, 1.807) is 0 Å². The third-order valence-electron chi connectivity index (χ3n) is 1.27. The first-order valence-electron chi connectivity index (χ1n) is 3.02. The Morgan fingerprint density at radius 2 is 1.67 bits per heavy atom. The molecule has 0 aliphatic heterocycles. The Labute approximate surface area is 68.7 Å². The van der Waals surface area contributed by atoms with Gasteiger partial charge in [0.1, 0.15) is 5.82 Å². The second-order valence-electron chi connectivity index (χ2n) is 2.10. The molecule has 5 heteroatoms. The molecule has 0 bridgehead atoms. The van der Waals surface area contributed by atoms with Gasteiger partial charge in [0.2, 0.25) is 15.5 Å². The van der Waals surface area contributed by atoms with Crippen molar-refractivity contribution in [2.24, 2.45) is 0 Å². The Bertz CT molecular complexity index is 380. The highest BCUT2D eigenvalue weighted by Gasteiger charge is 2.11. The van der Waals surface area contributed by atoms with Crippen LogP contribution in [0.2, 0.25) is 0 Å². The first-order chi connectivity index (χ1) is 5.56. The summed E-state index contributed by atoms with van der Waals surface area (Å²) in [4.78, 5) is 9.83. The van der Waals surface area contributed by atoms with Gasteiger partial charge in [-0.1, -0.05) is 0 Å². The lowest BCUT2D eigenvalue weighted by Crippen LogP contribution is -2.00. The van der Waals surface area contributed by atoms with Crippen molar-refractivity contribution in [2.75, 3.05) is 0 Å². The molecule has 0 amide bonds. The fraction of sp³-hybridized carbons (Fsp3) is 0. The van der Waals surface area contributed by atoms with Gasteiger partial charge in [0.05, 0.1) is 4.90 Å². The summed E-state index contributed by atoms with van der Waals surface area (Å²) in [6.07, 6.45) is 0. The molecule has 0 fully saturated rings. The zero-order valence-electron chi connectivity index (χ0n) is 5.90. The van der Waals surface area contributed by atoms with E-state index in [1.807, 2.05) is 0 Å². The van der Waals surface area contributed by atoms with E-state index in [0.717, 1.165) is 24.3 Å². The minimum Gasteiger partial charge on any atom is -0.285 e. The van der Waals surface area contributed by atoms with Crippen molar-refractivity contribution in [1.82, 2.24) is 0 Å². The second kappa shape index (κ2) is 3.02. The third-order valence-corrected chi connectivity index (χ3v) is 2.45. The van der Waals surface area contributed by atoms with E-state index in [1.165, 1.54) is 0 Å². The average molecular weight is 188 g/mol. The standard InChI is InChI=1S/C7H5FO3S/c8-6-1-3-7(4-2-6)12(10,11)5-9/h1-5H. The van der Waals surface area contributed by atoms with E-state index in [9.17, 15) is 17.6 Å². The van der Waals surface area contributed by atoms with Gasteiger partial charge in [-0.3, -0.25) is 4.79 Å². The van der Waals surface area contributed by atoms with E-state index in [0.29, 0.717) is 0 Å². The van der Waals surface area contributed by atoms with Gasteiger partial charge < -0.3 is 0 Å². The lowest BCUT2D eigenvalue weighted by atomic mass is 10.4. The Hall–Kier alpha value is -1.23. The number of halogens is 1. The van der Waals surface area contributed by atoms with Crippen LogP contribution in [0.15, 0.2) is 29.2 Å². The summed E-state index contributed by atoms with van der Waals surface area (Å²) in [5, 5.41) is 0. The van der Waals surface area contributed by atoms with Gasteiger partial charge in [0.15, 0.2) is 0 Å². The minimum absolute atomic E-state index is 0.166. The number of benzene rings is 1. The highest BCUT2D eigenvalue weighted by atomic mass is 32.2. The summed E-state index contributed by atoms with van der Waals surface area (Å²) in [5.41, 5.74) is -0.166. The Balaban J connectivity index is 3.23. The van der Waals surface area contributed by atoms with Crippen LogP contribution in [-0.4, -0.2) is 14.0 Å². The molecule has 64 valence electrons. The van der Waals surface area contributed by atoms with Crippen LogP contribution in [0.1, 0.15) is 0 Å². The topological polar surface area (TPSA) is 51.2 Å². The molecule has 0 saturated heterocycles. The van der Waals surface area contributed by atoms with E-state index < -0.39 is 15.7 Å². The summed E-state index contributed by atoms with van der Waals surface area (Å²) in [6.45, 7) is 0. The normalized spacial score (nSPS) is 11.1. The van der Waals surface area contributed by atoms with Crippen molar-refractivity contribution in [1.29, 1.82) is 0 Å². The van der Waals surface area contributed by atoms with Crippen molar-refractivity contribution in [3.8, 4) is 0 Å². The first kappa shape index (κ1) is 8.86. The Morgan fingerprint density at radius 3 is 2.08 bits per heavy atom. The van der Waals surface area contributed by atoms with Crippen LogP contribution in [0.5, 0.6) is 0 Å². The molecule has 3 nitrogen and oxygen atoms in total. The molecule has 12 heavy (non-hydrogen) atoms. The highest BCUT2D eigenvalue weighted by Crippen LogP contribution is 2.09. The molecule has 0 aliphatic rings. The number of rotatable bonds is 2. The van der Waals surface area contributed by atoms with E-state index in [4.69, 9.17) is 0 Å². The van der Waals surface area contributed by atoms with Crippen LogP contribution in [0, 0.1) is 5.82 Å². The molecule has 0 aliphatic carbocycles. The monoisotopic (exact) mass is 188 g/mol. The smallest absolute Gasteiger partial charge is 0.238 e. The lowest BCUT2D eigenvalue weighted by molar-refractivity contribution is 0.556. The molecular formula is C7H5FO3S. The molecule has 0 N–H and O–H groups in total. The van der Waals surface area contributed by atoms with Gasteiger partial charge in [-0.2, -0.15) is 0 Å². The van der Waals surface area contributed by atoms with Crippen molar-refractivity contribution in [3.05, 3.63) is 30.1 Å². The van der Waals surface area contributed by atoms with Gasteiger partial charge in [-0.05, 0) is 24.3 Å². The fourth-order valence-electron chi connectivity index (χ4n) is 0.680. The van der Waals surface area contributed by atoms with E-state index >= 15 is 0 Å².